The van der Waals surface area contributed by atoms with Crippen LogP contribution in [0.15, 0.2) is 54.6 Å². The van der Waals surface area contributed by atoms with Gasteiger partial charge in [-0.05, 0) is 41.5 Å². The predicted octanol–water partition coefficient (Wildman–Crippen LogP) is 3.52. The number of anilines is 1. The van der Waals surface area contributed by atoms with Crippen LogP contribution in [0.25, 0.3) is 6.08 Å². The third kappa shape index (κ3) is 6.50. The van der Waals surface area contributed by atoms with Crippen LogP contribution in [0.5, 0.6) is 0 Å². The molecule has 0 bridgehead atoms. The highest BCUT2D eigenvalue weighted by Crippen LogP contribution is 2.11. The molecule has 0 aromatic heterocycles. The van der Waals surface area contributed by atoms with Crippen LogP contribution in [0.4, 0.5) is 5.69 Å². The number of carbonyl (C=O) groups is 2. The zero-order chi connectivity index (χ0) is 18.1. The van der Waals surface area contributed by atoms with E-state index in [-0.39, 0.29) is 18.2 Å². The van der Waals surface area contributed by atoms with Gasteiger partial charge in [-0.25, -0.2) is 0 Å². The van der Waals surface area contributed by atoms with Crippen LogP contribution in [0.3, 0.4) is 0 Å². The molecule has 0 aliphatic rings. The number of rotatable bonds is 6. The molecule has 2 aromatic rings. The van der Waals surface area contributed by atoms with Gasteiger partial charge in [0.05, 0.1) is 6.07 Å². The predicted molar refractivity (Wildman–Crippen MR) is 97.6 cm³/mol. The summed E-state index contributed by atoms with van der Waals surface area (Å²) in [5.41, 5.74) is 2.39. The Hall–Kier alpha value is -3.10. The minimum Gasteiger partial charge on any atom is -0.348 e. The van der Waals surface area contributed by atoms with E-state index in [1.807, 2.05) is 12.1 Å². The molecular formula is C19H16ClN3O2. The van der Waals surface area contributed by atoms with E-state index in [9.17, 15) is 9.59 Å². The highest BCUT2D eigenvalue weighted by Gasteiger charge is 2.02. The molecule has 2 amide bonds. The molecule has 2 rings (SSSR count). The molecule has 0 saturated carbocycles. The molecule has 0 spiro atoms. The average Bonchev–Trinajstić information content (AvgIpc) is 2.61. The summed E-state index contributed by atoms with van der Waals surface area (Å²) in [5, 5.41) is 14.5. The van der Waals surface area contributed by atoms with E-state index in [4.69, 9.17) is 16.9 Å². The van der Waals surface area contributed by atoms with Crippen LogP contribution in [0, 0.1) is 11.3 Å². The molecule has 0 heterocycles. The lowest BCUT2D eigenvalue weighted by molar-refractivity contribution is -0.117. The first kappa shape index (κ1) is 18.2. The van der Waals surface area contributed by atoms with E-state index >= 15 is 0 Å². The average molecular weight is 354 g/mol. The molecule has 2 aromatic carbocycles. The second-order valence-corrected chi connectivity index (χ2v) is 5.62. The summed E-state index contributed by atoms with van der Waals surface area (Å²) >= 11 is 5.81. The van der Waals surface area contributed by atoms with Crippen LogP contribution in [-0.4, -0.2) is 11.8 Å². The van der Waals surface area contributed by atoms with Gasteiger partial charge in [0.25, 0.3) is 0 Å². The molecule has 0 atom stereocenters. The normalized spacial score (nSPS) is 10.2. The van der Waals surface area contributed by atoms with Crippen molar-refractivity contribution in [3.8, 4) is 6.07 Å². The van der Waals surface area contributed by atoms with Crippen LogP contribution >= 0.6 is 11.6 Å². The van der Waals surface area contributed by atoms with Crippen LogP contribution < -0.4 is 10.6 Å². The zero-order valence-electron chi connectivity index (χ0n) is 13.3. The first-order valence-corrected chi connectivity index (χ1v) is 7.92. The van der Waals surface area contributed by atoms with Crippen molar-refractivity contribution in [2.24, 2.45) is 0 Å². The van der Waals surface area contributed by atoms with Crippen molar-refractivity contribution >= 4 is 35.2 Å². The standard InChI is InChI=1S/C19H16ClN3O2/c20-16-6-1-14(2-7-16)5-10-18(24)22-13-15-3-8-17(9-4-15)23-19(25)11-12-21/h1-10H,11,13H2,(H,22,24)(H,23,25)/b10-5+. The lowest BCUT2D eigenvalue weighted by atomic mass is 10.2. The summed E-state index contributed by atoms with van der Waals surface area (Å²) in [4.78, 5) is 23.1. The van der Waals surface area contributed by atoms with E-state index in [0.717, 1.165) is 11.1 Å². The maximum absolute atomic E-state index is 11.8. The molecular weight excluding hydrogens is 338 g/mol. The van der Waals surface area contributed by atoms with Gasteiger partial charge < -0.3 is 10.6 Å². The van der Waals surface area contributed by atoms with Crippen molar-refractivity contribution in [3.63, 3.8) is 0 Å². The van der Waals surface area contributed by atoms with Gasteiger partial charge >= 0.3 is 0 Å². The largest absolute Gasteiger partial charge is 0.348 e. The number of hydrogen-bond acceptors (Lipinski definition) is 3. The molecule has 0 fully saturated rings. The summed E-state index contributed by atoms with van der Waals surface area (Å²) < 4.78 is 0. The summed E-state index contributed by atoms with van der Waals surface area (Å²) in [6.45, 7) is 0.371. The van der Waals surface area contributed by atoms with E-state index < -0.39 is 0 Å². The maximum Gasteiger partial charge on any atom is 0.244 e. The van der Waals surface area contributed by atoms with E-state index in [0.29, 0.717) is 17.3 Å². The number of nitrogens with one attached hydrogen (secondary N) is 2. The van der Waals surface area contributed by atoms with Gasteiger partial charge in [-0.3, -0.25) is 9.59 Å². The fourth-order valence-corrected chi connectivity index (χ4v) is 2.10. The van der Waals surface area contributed by atoms with Gasteiger partial charge in [0.15, 0.2) is 0 Å². The quantitative estimate of drug-likeness (QED) is 0.779. The van der Waals surface area contributed by atoms with Crippen molar-refractivity contribution in [2.45, 2.75) is 13.0 Å². The smallest absolute Gasteiger partial charge is 0.244 e. The van der Waals surface area contributed by atoms with Crippen LogP contribution in [0.1, 0.15) is 17.5 Å². The Morgan fingerprint density at radius 2 is 1.76 bits per heavy atom. The molecule has 0 saturated heterocycles. The number of benzene rings is 2. The van der Waals surface area contributed by atoms with E-state index in [1.54, 1.807) is 48.5 Å². The van der Waals surface area contributed by atoms with Crippen molar-refractivity contribution in [1.82, 2.24) is 5.32 Å². The minimum atomic E-state index is -0.351. The third-order valence-corrected chi connectivity index (χ3v) is 3.49. The van der Waals surface area contributed by atoms with Gasteiger partial charge in [0.2, 0.25) is 11.8 Å². The van der Waals surface area contributed by atoms with Gasteiger partial charge in [0, 0.05) is 23.3 Å². The first-order chi connectivity index (χ1) is 12.1. The molecule has 2 N–H and O–H groups in total. The van der Waals surface area contributed by atoms with E-state index in [1.165, 1.54) is 6.08 Å². The summed E-state index contributed by atoms with van der Waals surface area (Å²) in [7, 11) is 0. The molecule has 0 radical (unpaired) electrons. The Balaban J connectivity index is 1.82. The molecule has 0 unspecified atom stereocenters. The molecule has 126 valence electrons. The minimum absolute atomic E-state index is 0.183. The third-order valence-electron chi connectivity index (χ3n) is 3.24. The fourth-order valence-electron chi connectivity index (χ4n) is 1.98. The zero-order valence-corrected chi connectivity index (χ0v) is 14.1. The number of hydrogen-bond donors (Lipinski definition) is 2. The van der Waals surface area contributed by atoms with Crippen LogP contribution in [0.2, 0.25) is 5.02 Å². The Kier molecular flexibility index (Phi) is 6.76. The summed E-state index contributed by atoms with van der Waals surface area (Å²) in [6.07, 6.45) is 2.98. The second-order valence-electron chi connectivity index (χ2n) is 5.18. The number of nitriles is 1. The number of amides is 2. The molecule has 0 aliphatic heterocycles. The van der Waals surface area contributed by atoms with Gasteiger partial charge in [0.1, 0.15) is 6.42 Å². The van der Waals surface area contributed by atoms with Gasteiger partial charge in [-0.15, -0.1) is 0 Å². The van der Waals surface area contributed by atoms with Gasteiger partial charge in [-0.2, -0.15) is 5.26 Å². The second kappa shape index (κ2) is 9.26. The number of nitrogens with zero attached hydrogens (tertiary/aromatic N) is 1. The Morgan fingerprint density at radius 3 is 2.40 bits per heavy atom. The monoisotopic (exact) mass is 353 g/mol. The topological polar surface area (TPSA) is 82.0 Å². The molecule has 5 nitrogen and oxygen atoms in total. The van der Waals surface area contributed by atoms with Crippen molar-refractivity contribution in [2.75, 3.05) is 5.32 Å². The van der Waals surface area contributed by atoms with Crippen molar-refractivity contribution in [3.05, 3.63) is 70.8 Å². The number of carbonyl (C=O) groups excluding carboxylic acids is 2. The SMILES string of the molecule is N#CCC(=O)Nc1ccc(CNC(=O)/C=C/c2ccc(Cl)cc2)cc1. The van der Waals surface area contributed by atoms with Crippen molar-refractivity contribution < 1.29 is 9.59 Å². The highest BCUT2D eigenvalue weighted by molar-refractivity contribution is 6.30. The maximum atomic E-state index is 11.8. The highest BCUT2D eigenvalue weighted by atomic mass is 35.5. The first-order valence-electron chi connectivity index (χ1n) is 7.54. The lowest BCUT2D eigenvalue weighted by Crippen LogP contribution is -2.20. The number of halogens is 1. The molecule has 6 heteroatoms. The summed E-state index contributed by atoms with van der Waals surface area (Å²) in [6, 6.07) is 16.0. The Morgan fingerprint density at radius 1 is 1.08 bits per heavy atom. The Labute approximate surface area is 150 Å². The Bertz CT molecular complexity index is 806. The summed E-state index contributed by atoms with van der Waals surface area (Å²) in [5.74, 6) is -0.558. The molecule has 0 aliphatic carbocycles. The fraction of sp³-hybridized carbons (Fsp3) is 0.105. The van der Waals surface area contributed by atoms with Crippen LogP contribution in [-0.2, 0) is 16.1 Å². The molecule has 25 heavy (non-hydrogen) atoms. The van der Waals surface area contributed by atoms with E-state index in [2.05, 4.69) is 10.6 Å². The van der Waals surface area contributed by atoms with Gasteiger partial charge in [-0.1, -0.05) is 35.9 Å². The lowest BCUT2D eigenvalue weighted by Gasteiger charge is -2.06. The van der Waals surface area contributed by atoms with Crippen molar-refractivity contribution in [1.29, 1.82) is 5.26 Å².